The van der Waals surface area contributed by atoms with Crippen LogP contribution in [-0.2, 0) is 4.74 Å². The van der Waals surface area contributed by atoms with Crippen LogP contribution < -0.4 is 5.32 Å². The third-order valence-corrected chi connectivity index (χ3v) is 2.89. The maximum Gasteiger partial charge on any atom is 0.0616 e. The Morgan fingerprint density at radius 2 is 2.00 bits per heavy atom. The molecule has 0 spiro atoms. The molecule has 3 nitrogen and oxygen atoms in total. The molecule has 0 radical (unpaired) electrons. The zero-order valence-electron chi connectivity index (χ0n) is 10.7. The van der Waals surface area contributed by atoms with Crippen molar-refractivity contribution in [2.75, 3.05) is 20.3 Å². The van der Waals surface area contributed by atoms with Crippen molar-refractivity contribution < 1.29 is 9.84 Å². The Balaban J connectivity index is 2.61. The molecule has 1 aromatic rings. The van der Waals surface area contributed by atoms with Crippen molar-refractivity contribution in [3.05, 3.63) is 35.9 Å². The van der Waals surface area contributed by atoms with Crippen LogP contribution in [0.25, 0.3) is 0 Å². The molecule has 0 saturated carbocycles. The fraction of sp³-hybridized carbons (Fsp3) is 0.571. The van der Waals surface area contributed by atoms with Crippen LogP contribution >= 0.6 is 0 Å². The number of aliphatic hydroxyl groups is 1. The third kappa shape index (κ3) is 4.86. The molecule has 17 heavy (non-hydrogen) atoms. The van der Waals surface area contributed by atoms with Crippen LogP contribution in [0.3, 0.4) is 0 Å². The lowest BCUT2D eigenvalue weighted by atomic mass is 10.0. The molecule has 0 amide bonds. The van der Waals surface area contributed by atoms with Gasteiger partial charge in [-0.15, -0.1) is 0 Å². The van der Waals surface area contributed by atoms with E-state index in [0.717, 1.165) is 12.8 Å². The van der Waals surface area contributed by atoms with Crippen LogP contribution in [0.5, 0.6) is 0 Å². The van der Waals surface area contributed by atoms with Crippen LogP contribution in [-0.4, -0.2) is 31.5 Å². The highest BCUT2D eigenvalue weighted by Crippen LogP contribution is 2.17. The van der Waals surface area contributed by atoms with E-state index in [1.54, 1.807) is 7.11 Å². The molecule has 3 heteroatoms. The zero-order chi connectivity index (χ0) is 12.5. The average Bonchev–Trinajstić information content (AvgIpc) is 2.37. The Kier molecular flexibility index (Phi) is 6.86. The van der Waals surface area contributed by atoms with Crippen molar-refractivity contribution in [1.82, 2.24) is 5.32 Å². The summed E-state index contributed by atoms with van der Waals surface area (Å²) in [5.41, 5.74) is 1.29. The predicted octanol–water partition coefficient (Wildman–Crippen LogP) is 2.12. The van der Waals surface area contributed by atoms with E-state index >= 15 is 0 Å². The van der Waals surface area contributed by atoms with Crippen molar-refractivity contribution in [3.8, 4) is 0 Å². The number of nitrogens with one attached hydrogen (secondary N) is 1. The number of hydrogen-bond donors (Lipinski definition) is 2. The molecule has 1 aromatic carbocycles. The molecule has 1 rings (SSSR count). The van der Waals surface area contributed by atoms with Crippen molar-refractivity contribution in [2.24, 2.45) is 0 Å². The number of ether oxygens (including phenoxy) is 1. The Hall–Kier alpha value is -0.900. The number of hydrogen-bond acceptors (Lipinski definition) is 3. The minimum Gasteiger partial charge on any atom is -0.396 e. The Morgan fingerprint density at radius 3 is 2.53 bits per heavy atom. The maximum absolute atomic E-state index is 9.02. The van der Waals surface area contributed by atoms with Crippen LogP contribution in [0.1, 0.15) is 31.4 Å². The van der Waals surface area contributed by atoms with Crippen molar-refractivity contribution in [2.45, 2.75) is 31.8 Å². The lowest BCUT2D eigenvalue weighted by Gasteiger charge is -2.24. The van der Waals surface area contributed by atoms with Gasteiger partial charge < -0.3 is 15.2 Å². The maximum atomic E-state index is 9.02. The second kappa shape index (κ2) is 8.23. The first-order valence-corrected chi connectivity index (χ1v) is 6.22. The van der Waals surface area contributed by atoms with Gasteiger partial charge in [0.2, 0.25) is 0 Å². The van der Waals surface area contributed by atoms with E-state index < -0.39 is 0 Å². The van der Waals surface area contributed by atoms with E-state index in [1.807, 2.05) is 6.07 Å². The second-order valence-corrected chi connectivity index (χ2v) is 4.20. The summed E-state index contributed by atoms with van der Waals surface area (Å²) in [6.07, 6.45) is 1.74. The number of methoxy groups -OCH3 is 1. The van der Waals surface area contributed by atoms with E-state index in [4.69, 9.17) is 9.84 Å². The minimum atomic E-state index is 0.187. The monoisotopic (exact) mass is 237 g/mol. The summed E-state index contributed by atoms with van der Waals surface area (Å²) >= 11 is 0. The van der Waals surface area contributed by atoms with Crippen molar-refractivity contribution >= 4 is 0 Å². The largest absolute Gasteiger partial charge is 0.396 e. The predicted molar refractivity (Wildman–Crippen MR) is 70.0 cm³/mol. The summed E-state index contributed by atoms with van der Waals surface area (Å²) in [4.78, 5) is 0. The zero-order valence-corrected chi connectivity index (χ0v) is 10.7. The molecule has 0 saturated heterocycles. The number of rotatable bonds is 8. The molecule has 0 bridgehead atoms. The van der Waals surface area contributed by atoms with Gasteiger partial charge in [0.1, 0.15) is 0 Å². The van der Waals surface area contributed by atoms with E-state index in [9.17, 15) is 0 Å². The summed E-state index contributed by atoms with van der Waals surface area (Å²) in [7, 11) is 1.69. The van der Waals surface area contributed by atoms with Gasteiger partial charge in [0.25, 0.3) is 0 Å². The smallest absolute Gasteiger partial charge is 0.0616 e. The standard InChI is InChI=1S/C14H23NO2/c1-3-14(12-7-5-4-6-8-12)15-13(9-10-16)11-17-2/h4-8,13-16H,3,9-11H2,1-2H3. The molecule has 2 atom stereocenters. The van der Waals surface area contributed by atoms with Gasteiger partial charge in [0.05, 0.1) is 6.61 Å². The summed E-state index contributed by atoms with van der Waals surface area (Å²) < 4.78 is 5.16. The molecule has 0 heterocycles. The molecular weight excluding hydrogens is 214 g/mol. The second-order valence-electron chi connectivity index (χ2n) is 4.20. The first-order valence-electron chi connectivity index (χ1n) is 6.22. The summed E-state index contributed by atoms with van der Waals surface area (Å²) in [6, 6.07) is 10.9. The van der Waals surface area contributed by atoms with Gasteiger partial charge in [0, 0.05) is 25.8 Å². The summed E-state index contributed by atoms with van der Waals surface area (Å²) in [5.74, 6) is 0. The van der Waals surface area contributed by atoms with Crippen molar-refractivity contribution in [1.29, 1.82) is 0 Å². The first kappa shape index (κ1) is 14.2. The first-order chi connectivity index (χ1) is 8.31. The molecule has 96 valence electrons. The molecule has 0 aliphatic rings. The van der Waals surface area contributed by atoms with Gasteiger partial charge in [-0.3, -0.25) is 0 Å². The summed E-state index contributed by atoms with van der Waals surface area (Å²) in [6.45, 7) is 2.98. The average molecular weight is 237 g/mol. The Morgan fingerprint density at radius 1 is 1.29 bits per heavy atom. The minimum absolute atomic E-state index is 0.187. The quantitative estimate of drug-likeness (QED) is 0.727. The molecule has 0 aliphatic heterocycles. The van der Waals surface area contributed by atoms with Crippen molar-refractivity contribution in [3.63, 3.8) is 0 Å². The van der Waals surface area contributed by atoms with Gasteiger partial charge in [-0.2, -0.15) is 0 Å². The summed E-state index contributed by atoms with van der Waals surface area (Å²) in [5, 5.41) is 12.6. The lowest BCUT2D eigenvalue weighted by molar-refractivity contribution is 0.142. The van der Waals surface area contributed by atoms with Gasteiger partial charge in [-0.1, -0.05) is 37.3 Å². The Bertz CT molecular complexity index is 284. The van der Waals surface area contributed by atoms with Crippen LogP contribution in [0.2, 0.25) is 0 Å². The topological polar surface area (TPSA) is 41.5 Å². The van der Waals surface area contributed by atoms with E-state index in [0.29, 0.717) is 12.6 Å². The number of benzene rings is 1. The van der Waals surface area contributed by atoms with Gasteiger partial charge in [-0.05, 0) is 18.4 Å². The highest BCUT2D eigenvalue weighted by atomic mass is 16.5. The Labute approximate surface area is 104 Å². The van der Waals surface area contributed by atoms with E-state index in [-0.39, 0.29) is 12.6 Å². The van der Waals surface area contributed by atoms with Crippen LogP contribution in [0, 0.1) is 0 Å². The van der Waals surface area contributed by atoms with E-state index in [1.165, 1.54) is 5.56 Å². The fourth-order valence-electron chi connectivity index (χ4n) is 1.99. The lowest BCUT2D eigenvalue weighted by Crippen LogP contribution is -2.36. The normalized spacial score (nSPS) is 14.5. The molecule has 2 N–H and O–H groups in total. The van der Waals surface area contributed by atoms with Crippen LogP contribution in [0.15, 0.2) is 30.3 Å². The third-order valence-electron chi connectivity index (χ3n) is 2.89. The molecule has 0 aliphatic carbocycles. The van der Waals surface area contributed by atoms with Gasteiger partial charge >= 0.3 is 0 Å². The molecular formula is C14H23NO2. The van der Waals surface area contributed by atoms with E-state index in [2.05, 4.69) is 36.5 Å². The van der Waals surface area contributed by atoms with Gasteiger partial charge in [0.15, 0.2) is 0 Å². The molecule has 0 aromatic heterocycles. The van der Waals surface area contributed by atoms with Crippen LogP contribution in [0.4, 0.5) is 0 Å². The van der Waals surface area contributed by atoms with Gasteiger partial charge in [-0.25, -0.2) is 0 Å². The SMILES string of the molecule is CCC(NC(CCO)COC)c1ccccc1. The highest BCUT2D eigenvalue weighted by Gasteiger charge is 2.14. The fourth-order valence-corrected chi connectivity index (χ4v) is 1.99. The number of aliphatic hydroxyl groups excluding tert-OH is 1. The molecule has 0 fully saturated rings. The highest BCUT2D eigenvalue weighted by molar-refractivity contribution is 5.18. The molecule has 2 unspecified atom stereocenters.